The number of para-hydroxylation sites is 1. The van der Waals surface area contributed by atoms with Crippen molar-refractivity contribution < 1.29 is 4.79 Å². The maximum Gasteiger partial charge on any atom is 0.280 e. The molecule has 0 bridgehead atoms. The van der Waals surface area contributed by atoms with Crippen molar-refractivity contribution in [3.05, 3.63) is 97.7 Å². The largest absolute Gasteiger partial charge is 0.280 e. The van der Waals surface area contributed by atoms with Crippen LogP contribution in [-0.2, 0) is 0 Å². The first-order chi connectivity index (χ1) is 13.5. The van der Waals surface area contributed by atoms with E-state index >= 15 is 0 Å². The number of benzene rings is 3. The summed E-state index contributed by atoms with van der Waals surface area (Å²) in [4.78, 5) is 30.6. The van der Waals surface area contributed by atoms with E-state index in [-0.39, 0.29) is 5.56 Å². The molecule has 4 rings (SSSR count). The molecule has 1 amide bonds. The first-order valence-corrected chi connectivity index (χ1v) is 9.97. The van der Waals surface area contributed by atoms with Gasteiger partial charge in [-0.2, -0.15) is 4.68 Å². The topological polar surface area (TPSA) is 64.0 Å². The number of fused-ring (bicyclic) bond motifs is 1. The smallest absolute Gasteiger partial charge is 0.267 e. The van der Waals surface area contributed by atoms with E-state index in [1.54, 1.807) is 36.4 Å². The average Bonchev–Trinajstić information content (AvgIpc) is 2.71. The zero-order valence-electron chi connectivity index (χ0n) is 14.4. The maximum atomic E-state index is 13.1. The van der Waals surface area contributed by atoms with Gasteiger partial charge >= 0.3 is 0 Å². The number of carbonyl (C=O) groups excluding carboxylic acids is 1. The molecule has 5 nitrogen and oxygen atoms in total. The van der Waals surface area contributed by atoms with Crippen molar-refractivity contribution in [3.63, 3.8) is 0 Å². The molecule has 138 valence electrons. The Morgan fingerprint density at radius 1 is 0.893 bits per heavy atom. The van der Waals surface area contributed by atoms with Crippen molar-refractivity contribution in [2.45, 2.75) is 0 Å². The van der Waals surface area contributed by atoms with Gasteiger partial charge in [0, 0.05) is 14.5 Å². The van der Waals surface area contributed by atoms with Gasteiger partial charge in [0.2, 0.25) is 0 Å². The van der Waals surface area contributed by atoms with Crippen LogP contribution in [0.2, 0.25) is 0 Å². The first kappa shape index (κ1) is 18.6. The Balaban J connectivity index is 1.90. The molecule has 0 aliphatic carbocycles. The number of amides is 1. The molecule has 1 N–H and O–H groups in total. The van der Waals surface area contributed by atoms with Gasteiger partial charge in [0.05, 0.1) is 16.5 Å². The quantitative estimate of drug-likeness (QED) is 0.433. The second-order valence-electron chi connectivity index (χ2n) is 6.02. The number of hydrogen-bond donors (Lipinski definition) is 1. The van der Waals surface area contributed by atoms with Crippen molar-refractivity contribution in [2.24, 2.45) is 0 Å². The third kappa shape index (κ3) is 3.50. The van der Waals surface area contributed by atoms with Crippen LogP contribution in [0.25, 0.3) is 22.3 Å². The Labute approximate surface area is 177 Å². The van der Waals surface area contributed by atoms with E-state index in [1.165, 1.54) is 4.68 Å². The van der Waals surface area contributed by atoms with Gasteiger partial charge in [0.25, 0.3) is 11.5 Å². The predicted molar refractivity (Wildman–Crippen MR) is 117 cm³/mol. The minimum absolute atomic E-state index is 0.344. The highest BCUT2D eigenvalue weighted by Gasteiger charge is 2.17. The van der Waals surface area contributed by atoms with Gasteiger partial charge in [-0.1, -0.05) is 52.3 Å². The van der Waals surface area contributed by atoms with Crippen molar-refractivity contribution in [2.75, 3.05) is 5.43 Å². The summed E-state index contributed by atoms with van der Waals surface area (Å²) < 4.78 is 2.75. The molecule has 4 aromatic rings. The fourth-order valence-electron chi connectivity index (χ4n) is 2.84. The molecular weight excluding hydrogens is 486 g/mol. The summed E-state index contributed by atoms with van der Waals surface area (Å²) in [6.07, 6.45) is 0. The molecule has 0 atom stereocenters. The highest BCUT2D eigenvalue weighted by atomic mass is 79.9. The normalized spacial score (nSPS) is 10.8. The lowest BCUT2D eigenvalue weighted by Gasteiger charge is -2.15. The van der Waals surface area contributed by atoms with Crippen LogP contribution in [0.4, 0.5) is 0 Å². The van der Waals surface area contributed by atoms with E-state index in [9.17, 15) is 9.59 Å². The van der Waals surface area contributed by atoms with Crippen LogP contribution in [0.1, 0.15) is 10.4 Å². The van der Waals surface area contributed by atoms with E-state index in [0.717, 1.165) is 4.47 Å². The van der Waals surface area contributed by atoms with E-state index < -0.39 is 5.91 Å². The van der Waals surface area contributed by atoms with Crippen molar-refractivity contribution in [1.29, 1.82) is 0 Å². The lowest BCUT2D eigenvalue weighted by atomic mass is 10.2. The number of halogens is 2. The number of nitrogens with one attached hydrogen (secondary N) is 1. The SMILES string of the molecule is O=C(Nn1c(-c2ccc(Br)cc2)nc2ccccc2c1=O)c1ccccc1Br. The summed E-state index contributed by atoms with van der Waals surface area (Å²) in [5.41, 5.74) is 4.05. The van der Waals surface area contributed by atoms with Crippen LogP contribution in [0.15, 0.2) is 86.5 Å². The van der Waals surface area contributed by atoms with Crippen LogP contribution in [-0.4, -0.2) is 15.6 Å². The lowest BCUT2D eigenvalue weighted by molar-refractivity contribution is 0.101. The van der Waals surface area contributed by atoms with Crippen LogP contribution in [0, 0.1) is 0 Å². The molecule has 0 unspecified atom stereocenters. The molecule has 0 saturated carbocycles. The summed E-state index contributed by atoms with van der Waals surface area (Å²) in [6, 6.07) is 21.5. The van der Waals surface area contributed by atoms with Gasteiger partial charge in [0.1, 0.15) is 0 Å². The second kappa shape index (κ2) is 7.69. The molecule has 3 aromatic carbocycles. The van der Waals surface area contributed by atoms with Gasteiger partial charge < -0.3 is 0 Å². The van der Waals surface area contributed by atoms with Crippen molar-refractivity contribution in [3.8, 4) is 11.4 Å². The summed E-state index contributed by atoms with van der Waals surface area (Å²) in [6.45, 7) is 0. The van der Waals surface area contributed by atoms with E-state index in [2.05, 4.69) is 42.3 Å². The average molecular weight is 499 g/mol. The Bertz CT molecular complexity index is 1250. The fourth-order valence-corrected chi connectivity index (χ4v) is 3.57. The third-order valence-corrected chi connectivity index (χ3v) is 5.43. The second-order valence-corrected chi connectivity index (χ2v) is 7.79. The Kier molecular flexibility index (Phi) is 5.11. The summed E-state index contributed by atoms with van der Waals surface area (Å²) >= 11 is 6.78. The Morgan fingerprint density at radius 2 is 1.57 bits per heavy atom. The van der Waals surface area contributed by atoms with Crippen molar-refractivity contribution >= 4 is 48.7 Å². The molecule has 0 aliphatic heterocycles. The minimum Gasteiger partial charge on any atom is -0.267 e. The summed E-state index contributed by atoms with van der Waals surface area (Å²) in [5, 5.41) is 0.427. The van der Waals surface area contributed by atoms with Gasteiger partial charge in [-0.05, 0) is 52.3 Å². The first-order valence-electron chi connectivity index (χ1n) is 8.38. The minimum atomic E-state index is -0.412. The van der Waals surface area contributed by atoms with Crippen LogP contribution in [0.5, 0.6) is 0 Å². The zero-order chi connectivity index (χ0) is 19.7. The third-order valence-electron chi connectivity index (χ3n) is 4.21. The molecule has 0 aliphatic rings. The maximum absolute atomic E-state index is 13.1. The molecule has 28 heavy (non-hydrogen) atoms. The van der Waals surface area contributed by atoms with E-state index in [0.29, 0.717) is 32.3 Å². The van der Waals surface area contributed by atoms with E-state index in [1.807, 2.05) is 36.4 Å². The molecule has 1 heterocycles. The molecule has 7 heteroatoms. The van der Waals surface area contributed by atoms with Crippen LogP contribution in [0.3, 0.4) is 0 Å². The van der Waals surface area contributed by atoms with E-state index in [4.69, 9.17) is 0 Å². The highest BCUT2D eigenvalue weighted by Crippen LogP contribution is 2.21. The number of carbonyl (C=O) groups is 1. The van der Waals surface area contributed by atoms with Crippen LogP contribution >= 0.6 is 31.9 Å². The molecule has 0 saturated heterocycles. The van der Waals surface area contributed by atoms with Gasteiger partial charge in [0.15, 0.2) is 5.82 Å². The standard InChI is InChI=1S/C21H13Br2N3O2/c22-14-11-9-13(10-12-14)19-24-18-8-4-2-6-16(18)21(28)26(19)25-20(27)15-5-1-3-7-17(15)23/h1-12H,(H,25,27). The monoisotopic (exact) mass is 497 g/mol. The molecule has 0 radical (unpaired) electrons. The Morgan fingerprint density at radius 3 is 2.32 bits per heavy atom. The number of hydrogen-bond acceptors (Lipinski definition) is 3. The molecule has 1 aromatic heterocycles. The van der Waals surface area contributed by atoms with Crippen molar-refractivity contribution in [1.82, 2.24) is 9.66 Å². The number of rotatable bonds is 3. The molecule has 0 fully saturated rings. The van der Waals surface area contributed by atoms with Gasteiger partial charge in [-0.15, -0.1) is 0 Å². The summed E-state index contributed by atoms with van der Waals surface area (Å²) in [7, 11) is 0. The fraction of sp³-hybridized carbons (Fsp3) is 0. The van der Waals surface area contributed by atoms with Gasteiger partial charge in [-0.3, -0.25) is 15.0 Å². The molecule has 0 spiro atoms. The number of aromatic nitrogens is 2. The summed E-state index contributed by atoms with van der Waals surface area (Å²) in [5.74, 6) is -0.0541. The zero-order valence-corrected chi connectivity index (χ0v) is 17.6. The van der Waals surface area contributed by atoms with Gasteiger partial charge in [-0.25, -0.2) is 4.98 Å². The molecular formula is C21H13Br2N3O2. The van der Waals surface area contributed by atoms with Crippen LogP contribution < -0.4 is 11.0 Å². The Hall–Kier alpha value is -2.77. The number of nitrogens with zero attached hydrogens (tertiary/aromatic N) is 2. The lowest BCUT2D eigenvalue weighted by Crippen LogP contribution is -2.35. The predicted octanol–water partition coefficient (Wildman–Crippen LogP) is 4.97. The highest BCUT2D eigenvalue weighted by molar-refractivity contribution is 9.10.